The minimum atomic E-state index is -1.42. The third kappa shape index (κ3) is 1.41. The largest absolute Gasteiger partial charge is 0.457 e. The molecule has 2 N–H and O–H groups in total. The molecule has 3 aliphatic carbocycles. The second kappa shape index (κ2) is 4.37. The van der Waals surface area contributed by atoms with E-state index in [1.54, 1.807) is 0 Å². The Kier molecular flexibility index (Phi) is 2.70. The Morgan fingerprint density at radius 2 is 2.04 bits per heavy atom. The summed E-state index contributed by atoms with van der Waals surface area (Å²) in [4.78, 5) is 12.9. The monoisotopic (exact) mass is 362 g/mol. The Bertz CT molecular complexity index is 737. The first kappa shape index (κ1) is 16.0. The number of carbonyl (C=O) groups is 1. The number of esters is 1. The van der Waals surface area contributed by atoms with Gasteiger partial charge in [0.05, 0.1) is 25.4 Å². The third-order valence-electron chi connectivity index (χ3n) is 9.07. The topological polar surface area (TPSA) is 85.2 Å². The standard InChI is InChI=1S/C20H26O6/c1-17-4-3-11-10(15(17)24-8-13(17)21)7-12-14-18(2,16(22)26-12)20(23)6-5-19(11,14)9-25-20/h7,11-15,21,23H,3-6,8-9H2,1-2H3/t11-,12-,13-,14+,15+,17+,18+,19+,20?/m1/s1. The van der Waals surface area contributed by atoms with Crippen molar-refractivity contribution in [2.24, 2.45) is 28.1 Å². The number of ether oxygens (including phenoxy) is 3. The number of aliphatic hydroxyl groups is 2. The zero-order valence-corrected chi connectivity index (χ0v) is 15.2. The molecule has 9 atom stereocenters. The van der Waals surface area contributed by atoms with E-state index in [-0.39, 0.29) is 40.8 Å². The molecule has 0 aromatic carbocycles. The van der Waals surface area contributed by atoms with Gasteiger partial charge in [-0.3, -0.25) is 4.79 Å². The first-order valence-electron chi connectivity index (χ1n) is 9.85. The number of fused-ring (bicyclic) bond motifs is 5. The van der Waals surface area contributed by atoms with Gasteiger partial charge >= 0.3 is 5.97 Å². The van der Waals surface area contributed by atoms with Crippen molar-refractivity contribution in [2.75, 3.05) is 13.2 Å². The lowest BCUT2D eigenvalue weighted by Crippen LogP contribution is -2.72. The van der Waals surface area contributed by atoms with Crippen molar-refractivity contribution in [2.45, 2.75) is 63.6 Å². The third-order valence-corrected chi connectivity index (χ3v) is 9.07. The van der Waals surface area contributed by atoms with Crippen LogP contribution in [0.4, 0.5) is 0 Å². The molecule has 0 radical (unpaired) electrons. The average molecular weight is 362 g/mol. The van der Waals surface area contributed by atoms with Gasteiger partial charge in [-0.05, 0) is 43.8 Å². The molecule has 142 valence electrons. The fourth-order valence-corrected chi connectivity index (χ4v) is 7.49. The molecule has 2 saturated carbocycles. The molecule has 0 aromatic heterocycles. The van der Waals surface area contributed by atoms with Crippen LogP contribution >= 0.6 is 0 Å². The minimum Gasteiger partial charge on any atom is -0.457 e. The second-order valence-corrected chi connectivity index (χ2v) is 9.85. The second-order valence-electron chi connectivity index (χ2n) is 9.85. The van der Waals surface area contributed by atoms with Gasteiger partial charge in [-0.25, -0.2) is 0 Å². The maximum absolute atomic E-state index is 12.9. The molecule has 4 aliphatic heterocycles. The van der Waals surface area contributed by atoms with Gasteiger partial charge in [-0.2, -0.15) is 0 Å². The summed E-state index contributed by atoms with van der Waals surface area (Å²) in [5.74, 6) is -1.56. The lowest BCUT2D eigenvalue weighted by Gasteiger charge is -2.66. The molecule has 4 saturated heterocycles. The Balaban J connectivity index is 1.54. The van der Waals surface area contributed by atoms with Crippen molar-refractivity contribution in [1.82, 2.24) is 0 Å². The molecule has 26 heavy (non-hydrogen) atoms. The summed E-state index contributed by atoms with van der Waals surface area (Å²) in [7, 11) is 0. The van der Waals surface area contributed by atoms with Crippen molar-refractivity contribution in [3.63, 3.8) is 0 Å². The molecular weight excluding hydrogens is 336 g/mol. The molecule has 4 heterocycles. The summed E-state index contributed by atoms with van der Waals surface area (Å²) in [5.41, 5.74) is -0.293. The van der Waals surface area contributed by atoms with E-state index in [1.807, 2.05) is 6.92 Å². The van der Waals surface area contributed by atoms with Gasteiger partial charge in [0.1, 0.15) is 11.5 Å². The molecule has 1 spiro atoms. The van der Waals surface area contributed by atoms with Gasteiger partial charge in [0.15, 0.2) is 5.79 Å². The van der Waals surface area contributed by atoms with Crippen LogP contribution in [0.3, 0.4) is 0 Å². The van der Waals surface area contributed by atoms with E-state index in [0.29, 0.717) is 19.6 Å². The van der Waals surface area contributed by atoms with Crippen LogP contribution in [-0.4, -0.2) is 53.5 Å². The van der Waals surface area contributed by atoms with Crippen molar-refractivity contribution in [1.29, 1.82) is 0 Å². The highest BCUT2D eigenvalue weighted by molar-refractivity contribution is 5.82. The molecular formula is C20H26O6. The van der Waals surface area contributed by atoms with Crippen LogP contribution in [0.25, 0.3) is 0 Å². The first-order valence-corrected chi connectivity index (χ1v) is 9.85. The van der Waals surface area contributed by atoms with Crippen LogP contribution in [0.15, 0.2) is 11.6 Å². The maximum Gasteiger partial charge on any atom is 0.318 e. The number of rotatable bonds is 0. The number of hydrogen-bond acceptors (Lipinski definition) is 6. The van der Waals surface area contributed by atoms with Crippen LogP contribution in [0.5, 0.6) is 0 Å². The molecule has 7 aliphatic rings. The maximum atomic E-state index is 12.9. The smallest absolute Gasteiger partial charge is 0.318 e. The summed E-state index contributed by atoms with van der Waals surface area (Å²) in [6, 6.07) is 0. The predicted octanol–water partition coefficient (Wildman–Crippen LogP) is 1.15. The van der Waals surface area contributed by atoms with E-state index in [9.17, 15) is 15.0 Å². The molecule has 6 nitrogen and oxygen atoms in total. The van der Waals surface area contributed by atoms with Crippen LogP contribution in [-0.2, 0) is 19.0 Å². The van der Waals surface area contributed by atoms with E-state index in [2.05, 4.69) is 13.0 Å². The van der Waals surface area contributed by atoms with Gasteiger partial charge in [0, 0.05) is 23.2 Å². The Hall–Kier alpha value is -0.950. The van der Waals surface area contributed by atoms with E-state index >= 15 is 0 Å². The minimum absolute atomic E-state index is 0.0561. The zero-order valence-electron chi connectivity index (χ0n) is 15.2. The van der Waals surface area contributed by atoms with Gasteiger partial charge in [-0.1, -0.05) is 6.92 Å². The fourth-order valence-electron chi connectivity index (χ4n) is 7.49. The summed E-state index contributed by atoms with van der Waals surface area (Å²) in [6.07, 6.45) is 4.33. The van der Waals surface area contributed by atoms with Gasteiger partial charge < -0.3 is 24.4 Å². The van der Waals surface area contributed by atoms with Crippen molar-refractivity contribution >= 4 is 5.97 Å². The van der Waals surface area contributed by atoms with Crippen LogP contribution in [0, 0.1) is 28.1 Å². The summed E-state index contributed by atoms with van der Waals surface area (Å²) >= 11 is 0. The van der Waals surface area contributed by atoms with Crippen LogP contribution in [0.1, 0.15) is 39.5 Å². The summed E-state index contributed by atoms with van der Waals surface area (Å²) < 4.78 is 17.8. The molecule has 6 fully saturated rings. The van der Waals surface area contributed by atoms with Gasteiger partial charge in [0.25, 0.3) is 0 Å². The Morgan fingerprint density at radius 1 is 1.23 bits per heavy atom. The fraction of sp³-hybridized carbons (Fsp3) is 0.850. The molecule has 7 rings (SSSR count). The average Bonchev–Trinajstić information content (AvgIpc) is 3.06. The highest BCUT2D eigenvalue weighted by Crippen LogP contribution is 2.72. The highest BCUT2D eigenvalue weighted by atomic mass is 16.6. The molecule has 0 amide bonds. The normalized spacial score (nSPS) is 62.2. The van der Waals surface area contributed by atoms with Gasteiger partial charge in [-0.15, -0.1) is 0 Å². The molecule has 2 bridgehead atoms. The highest BCUT2D eigenvalue weighted by Gasteiger charge is 2.79. The summed E-state index contributed by atoms with van der Waals surface area (Å²) in [6.45, 7) is 4.76. The SMILES string of the molecule is C[C@@]12CC[C@@H]3C(=C[C@H]4OC(=O)[C@]5(C)[C@H]4[C@]34CCC5(O)OC4)[C@@H]1OC[C@H]2O. The van der Waals surface area contributed by atoms with Crippen molar-refractivity contribution in [3.05, 3.63) is 11.6 Å². The van der Waals surface area contributed by atoms with Gasteiger partial charge in [0.2, 0.25) is 0 Å². The van der Waals surface area contributed by atoms with E-state index in [0.717, 1.165) is 19.3 Å². The number of hydrogen-bond donors (Lipinski definition) is 2. The lowest BCUT2D eigenvalue weighted by atomic mass is 9.42. The number of carbonyl (C=O) groups excluding carboxylic acids is 1. The first-order chi connectivity index (χ1) is 12.3. The molecule has 0 aromatic rings. The van der Waals surface area contributed by atoms with Crippen LogP contribution in [0.2, 0.25) is 0 Å². The van der Waals surface area contributed by atoms with Crippen molar-refractivity contribution < 1.29 is 29.2 Å². The van der Waals surface area contributed by atoms with E-state index in [1.165, 1.54) is 5.57 Å². The van der Waals surface area contributed by atoms with E-state index < -0.39 is 17.3 Å². The Labute approximate surface area is 152 Å². The van der Waals surface area contributed by atoms with Crippen LogP contribution < -0.4 is 0 Å². The predicted molar refractivity (Wildman–Crippen MR) is 88.7 cm³/mol. The van der Waals surface area contributed by atoms with Crippen molar-refractivity contribution in [3.8, 4) is 0 Å². The van der Waals surface area contributed by atoms with E-state index in [4.69, 9.17) is 14.2 Å². The lowest BCUT2D eigenvalue weighted by molar-refractivity contribution is -0.367. The molecule has 1 unspecified atom stereocenters. The quantitative estimate of drug-likeness (QED) is 0.497. The molecule has 6 heteroatoms. The number of aliphatic hydroxyl groups excluding tert-OH is 1. The summed E-state index contributed by atoms with van der Waals surface area (Å²) in [5, 5.41) is 21.6. The Morgan fingerprint density at radius 3 is 2.77 bits per heavy atom. The zero-order chi connectivity index (χ0) is 18.1.